The number of carboxylic acid groups (broad SMARTS) is 1. The highest BCUT2D eigenvalue weighted by Gasteiger charge is 2.21. The Morgan fingerprint density at radius 3 is 2.55 bits per heavy atom. The van der Waals surface area contributed by atoms with Crippen molar-refractivity contribution < 1.29 is 18.3 Å². The van der Waals surface area contributed by atoms with Crippen LogP contribution in [0.4, 0.5) is 0 Å². The topological polar surface area (TPSA) is 99.3 Å². The van der Waals surface area contributed by atoms with Crippen LogP contribution in [0, 0.1) is 0 Å². The Balaban J connectivity index is 2.82. The summed E-state index contributed by atoms with van der Waals surface area (Å²) >= 11 is 0. The Labute approximate surface area is 119 Å². The summed E-state index contributed by atoms with van der Waals surface area (Å²) in [4.78, 5) is 13.2. The van der Waals surface area contributed by atoms with E-state index in [1.165, 1.54) is 6.20 Å². The highest BCUT2D eigenvalue weighted by atomic mass is 32.2. The molecule has 1 atom stereocenters. The third-order valence-electron chi connectivity index (χ3n) is 3.06. The molecular weight excluding hydrogens is 280 g/mol. The highest BCUT2D eigenvalue weighted by Crippen LogP contribution is 2.14. The van der Waals surface area contributed by atoms with Crippen molar-refractivity contribution in [2.24, 2.45) is 0 Å². The predicted molar refractivity (Wildman–Crippen MR) is 76.3 cm³/mol. The summed E-state index contributed by atoms with van der Waals surface area (Å²) < 4.78 is 27.0. The summed E-state index contributed by atoms with van der Waals surface area (Å²) in [7, 11) is -3.67. The maximum atomic E-state index is 12.2. The van der Waals surface area contributed by atoms with Gasteiger partial charge < -0.3 is 10.1 Å². The second kappa shape index (κ2) is 7.44. The van der Waals surface area contributed by atoms with Crippen LogP contribution in [0.5, 0.6) is 0 Å². The first-order valence-corrected chi connectivity index (χ1v) is 8.33. The van der Waals surface area contributed by atoms with Crippen LogP contribution in [-0.2, 0) is 10.0 Å². The second-order valence-electron chi connectivity index (χ2n) is 4.80. The van der Waals surface area contributed by atoms with Gasteiger partial charge in [-0.3, -0.25) is 0 Å². The molecule has 0 saturated heterocycles. The molecule has 0 radical (unpaired) electrons. The van der Waals surface area contributed by atoms with Crippen LogP contribution in [-0.4, -0.2) is 30.5 Å². The average Bonchev–Trinajstić information content (AvgIpc) is 2.86. The zero-order valence-electron chi connectivity index (χ0n) is 11.8. The van der Waals surface area contributed by atoms with Gasteiger partial charge in [-0.15, -0.1) is 0 Å². The van der Waals surface area contributed by atoms with Crippen LogP contribution in [0.15, 0.2) is 17.2 Å². The van der Waals surface area contributed by atoms with E-state index < -0.39 is 16.0 Å². The van der Waals surface area contributed by atoms with Crippen molar-refractivity contribution in [1.29, 1.82) is 0 Å². The maximum Gasteiger partial charge on any atom is 0.352 e. The van der Waals surface area contributed by atoms with Gasteiger partial charge >= 0.3 is 5.97 Å². The molecule has 0 saturated carbocycles. The molecule has 0 aromatic carbocycles. The van der Waals surface area contributed by atoms with Crippen molar-refractivity contribution in [3.05, 3.63) is 18.0 Å². The summed E-state index contributed by atoms with van der Waals surface area (Å²) in [5.74, 6) is -1.18. The van der Waals surface area contributed by atoms with Crippen molar-refractivity contribution in [1.82, 2.24) is 9.71 Å². The number of rotatable bonds is 9. The number of hydrogen-bond donors (Lipinski definition) is 3. The fourth-order valence-electron chi connectivity index (χ4n) is 2.00. The summed E-state index contributed by atoms with van der Waals surface area (Å²) in [6, 6.07) is 1.03. The lowest BCUT2D eigenvalue weighted by atomic mass is 10.1. The molecule has 20 heavy (non-hydrogen) atoms. The number of aromatic nitrogens is 1. The molecule has 1 rings (SSSR count). The molecule has 0 bridgehead atoms. The third-order valence-corrected chi connectivity index (χ3v) is 4.56. The van der Waals surface area contributed by atoms with Gasteiger partial charge in [0.1, 0.15) is 10.6 Å². The van der Waals surface area contributed by atoms with Crippen LogP contribution in [0.25, 0.3) is 0 Å². The van der Waals surface area contributed by atoms with E-state index >= 15 is 0 Å². The number of H-pyrrole nitrogens is 1. The highest BCUT2D eigenvalue weighted by molar-refractivity contribution is 7.89. The van der Waals surface area contributed by atoms with Crippen LogP contribution in [0.3, 0.4) is 0 Å². The standard InChI is InChI=1S/C13H22N2O4S/c1-3-5-7-10(6-4-2)15-20(18,19)11-8-12(13(16)17)14-9-11/h8-10,14-15H,3-7H2,1-2H3,(H,16,17). The largest absolute Gasteiger partial charge is 0.477 e. The third kappa shape index (κ3) is 4.64. The minimum absolute atomic E-state index is 0.0347. The van der Waals surface area contributed by atoms with Crippen molar-refractivity contribution in [3.8, 4) is 0 Å². The van der Waals surface area contributed by atoms with Gasteiger partial charge in [0.25, 0.3) is 0 Å². The van der Waals surface area contributed by atoms with Gasteiger partial charge in [-0.2, -0.15) is 0 Å². The van der Waals surface area contributed by atoms with Crippen LogP contribution in [0.2, 0.25) is 0 Å². The van der Waals surface area contributed by atoms with E-state index in [0.29, 0.717) is 0 Å². The van der Waals surface area contributed by atoms with Gasteiger partial charge in [0, 0.05) is 12.2 Å². The number of aromatic amines is 1. The first kappa shape index (κ1) is 16.7. The zero-order valence-corrected chi connectivity index (χ0v) is 12.7. The summed E-state index contributed by atoms with van der Waals surface area (Å²) in [5.41, 5.74) is -0.133. The number of hydrogen-bond acceptors (Lipinski definition) is 3. The van der Waals surface area contributed by atoms with Gasteiger partial charge in [-0.1, -0.05) is 33.1 Å². The number of carboxylic acids is 1. The first-order chi connectivity index (χ1) is 9.40. The fraction of sp³-hybridized carbons (Fsp3) is 0.615. The van der Waals surface area contributed by atoms with Crippen molar-refractivity contribution in [3.63, 3.8) is 0 Å². The maximum absolute atomic E-state index is 12.2. The zero-order chi connectivity index (χ0) is 15.2. The number of aromatic carboxylic acids is 1. The average molecular weight is 302 g/mol. The molecular formula is C13H22N2O4S. The summed E-state index contributed by atoms with van der Waals surface area (Å²) in [6.07, 6.45) is 5.63. The van der Waals surface area contributed by atoms with E-state index in [-0.39, 0.29) is 16.6 Å². The number of sulfonamides is 1. The van der Waals surface area contributed by atoms with Gasteiger partial charge in [-0.25, -0.2) is 17.9 Å². The Bertz CT molecular complexity index is 536. The van der Waals surface area contributed by atoms with Crippen molar-refractivity contribution >= 4 is 16.0 Å². The molecule has 0 aliphatic carbocycles. The molecule has 0 fully saturated rings. The Kier molecular flexibility index (Phi) is 6.22. The molecule has 3 N–H and O–H groups in total. The Morgan fingerprint density at radius 2 is 2.05 bits per heavy atom. The van der Waals surface area contributed by atoms with Gasteiger partial charge in [-0.05, 0) is 18.9 Å². The fourth-order valence-corrected chi connectivity index (χ4v) is 3.30. The van der Waals surface area contributed by atoms with E-state index in [0.717, 1.165) is 38.2 Å². The molecule has 1 aromatic rings. The second-order valence-corrected chi connectivity index (χ2v) is 6.52. The lowest BCUT2D eigenvalue weighted by molar-refractivity contribution is 0.0691. The lowest BCUT2D eigenvalue weighted by Gasteiger charge is -2.17. The molecule has 1 unspecified atom stereocenters. The molecule has 114 valence electrons. The summed E-state index contributed by atoms with van der Waals surface area (Å²) in [5, 5.41) is 8.80. The monoisotopic (exact) mass is 302 g/mol. The Morgan fingerprint density at radius 1 is 1.35 bits per heavy atom. The van der Waals surface area contributed by atoms with Gasteiger partial charge in [0.15, 0.2) is 0 Å². The molecule has 7 heteroatoms. The molecule has 0 amide bonds. The van der Waals surface area contributed by atoms with Crippen molar-refractivity contribution in [2.45, 2.75) is 56.9 Å². The lowest BCUT2D eigenvalue weighted by Crippen LogP contribution is -2.34. The van der Waals surface area contributed by atoms with Crippen LogP contribution < -0.4 is 4.72 Å². The van der Waals surface area contributed by atoms with E-state index in [9.17, 15) is 13.2 Å². The minimum atomic E-state index is -3.67. The molecule has 1 aromatic heterocycles. The SMILES string of the molecule is CCCCC(CCC)NS(=O)(=O)c1c[nH]c(C(=O)O)c1. The Hall–Kier alpha value is -1.34. The van der Waals surface area contributed by atoms with Crippen LogP contribution >= 0.6 is 0 Å². The molecule has 6 nitrogen and oxygen atoms in total. The first-order valence-electron chi connectivity index (χ1n) is 6.84. The number of nitrogens with one attached hydrogen (secondary N) is 2. The van der Waals surface area contributed by atoms with E-state index in [1.807, 2.05) is 6.92 Å². The van der Waals surface area contributed by atoms with E-state index in [1.54, 1.807) is 0 Å². The van der Waals surface area contributed by atoms with Crippen LogP contribution in [0.1, 0.15) is 56.4 Å². The normalized spacial score (nSPS) is 13.3. The molecule has 0 spiro atoms. The number of unbranched alkanes of at least 4 members (excludes halogenated alkanes) is 1. The minimum Gasteiger partial charge on any atom is -0.477 e. The van der Waals surface area contributed by atoms with Crippen molar-refractivity contribution in [2.75, 3.05) is 0 Å². The quantitative estimate of drug-likeness (QED) is 0.652. The summed E-state index contributed by atoms with van der Waals surface area (Å²) in [6.45, 7) is 4.06. The predicted octanol–water partition coefficient (Wildman–Crippen LogP) is 2.35. The number of carbonyl (C=O) groups is 1. The van der Waals surface area contributed by atoms with Gasteiger partial charge in [0.05, 0.1) is 0 Å². The molecule has 0 aliphatic rings. The van der Waals surface area contributed by atoms with E-state index in [2.05, 4.69) is 16.6 Å². The molecule has 0 aliphatic heterocycles. The van der Waals surface area contributed by atoms with Gasteiger partial charge in [0.2, 0.25) is 10.0 Å². The molecule has 1 heterocycles. The smallest absolute Gasteiger partial charge is 0.352 e. The van der Waals surface area contributed by atoms with E-state index in [4.69, 9.17) is 5.11 Å².